The summed E-state index contributed by atoms with van der Waals surface area (Å²) in [7, 11) is 2.04. The number of anilines is 3. The van der Waals surface area contributed by atoms with Crippen LogP contribution < -0.4 is 26.4 Å². The minimum Gasteiger partial charge on any atom is -0.490 e. The summed E-state index contributed by atoms with van der Waals surface area (Å²) in [4.78, 5) is 44.2. The fraction of sp³-hybridized carbons (Fsp3) is 0.512. The van der Waals surface area contributed by atoms with Crippen LogP contribution in [0.2, 0.25) is 0 Å². The maximum atomic E-state index is 14.5. The number of amides is 4. The van der Waals surface area contributed by atoms with Crippen molar-refractivity contribution in [3.05, 3.63) is 83.4 Å². The zero-order valence-electron chi connectivity index (χ0n) is 32.9. The molecule has 0 spiro atoms. The van der Waals surface area contributed by atoms with Gasteiger partial charge < -0.3 is 41.2 Å². The van der Waals surface area contributed by atoms with Crippen molar-refractivity contribution in [1.29, 1.82) is 0 Å². The molecule has 6 N–H and O–H groups in total. The van der Waals surface area contributed by atoms with Gasteiger partial charge in [-0.3, -0.25) is 14.5 Å². The lowest BCUT2D eigenvalue weighted by molar-refractivity contribution is -0.0177. The number of hydrogen-bond donors (Lipinski definition) is 5. The Balaban J connectivity index is 1.29. The van der Waals surface area contributed by atoms with Crippen LogP contribution in [0.4, 0.5) is 21.9 Å². The Hall–Kier alpha value is -4.65. The first-order valence-corrected chi connectivity index (χ1v) is 19.9. The standard InChI is InChI=1S/C43H60N6O6/c1-29-25-49(30(2)28-50)42(52)36-24-35(46-43(53)45-34-13-6-5-7-14-34)21-22-39(36)55-31(3)12-10-11-23-54-40(29)27-48(4)26-32-17-19-33(20-18-32)41(51)47-38-16-9-8-15-37(38)44/h8-9,15-22,24,29-31,34,40,50H,5-7,10-14,23,25-28,44H2,1-4H3,(H,47,51)(H2,45,46,53)/t29-,30+,31+,40-/m0/s1. The minimum absolute atomic E-state index is 0.0919. The Labute approximate surface area is 326 Å². The second-order valence-electron chi connectivity index (χ2n) is 15.4. The van der Waals surface area contributed by atoms with E-state index in [4.69, 9.17) is 15.2 Å². The third kappa shape index (κ3) is 12.2. The van der Waals surface area contributed by atoms with Gasteiger partial charge in [-0.05, 0) is 101 Å². The topological polar surface area (TPSA) is 158 Å². The van der Waals surface area contributed by atoms with Crippen LogP contribution in [0.15, 0.2) is 66.7 Å². The van der Waals surface area contributed by atoms with E-state index in [-0.39, 0.29) is 48.6 Å². The highest BCUT2D eigenvalue weighted by Crippen LogP contribution is 2.29. The van der Waals surface area contributed by atoms with Gasteiger partial charge in [0.1, 0.15) is 5.75 Å². The molecule has 2 aliphatic rings. The van der Waals surface area contributed by atoms with Crippen LogP contribution >= 0.6 is 0 Å². The highest BCUT2D eigenvalue weighted by atomic mass is 16.5. The number of ether oxygens (including phenoxy) is 2. The number of fused-ring (bicyclic) bond motifs is 1. The molecule has 298 valence electrons. The fourth-order valence-corrected chi connectivity index (χ4v) is 7.31. The van der Waals surface area contributed by atoms with Crippen molar-refractivity contribution in [2.24, 2.45) is 5.92 Å². The highest BCUT2D eigenvalue weighted by Gasteiger charge is 2.30. The van der Waals surface area contributed by atoms with Crippen LogP contribution in [-0.2, 0) is 11.3 Å². The molecule has 12 nitrogen and oxygen atoms in total. The largest absolute Gasteiger partial charge is 0.490 e. The number of nitrogens with zero attached hydrogens (tertiary/aromatic N) is 2. The van der Waals surface area contributed by atoms with Gasteiger partial charge >= 0.3 is 6.03 Å². The molecule has 4 atom stereocenters. The van der Waals surface area contributed by atoms with Crippen LogP contribution in [0.25, 0.3) is 0 Å². The molecular weight excluding hydrogens is 697 g/mol. The van der Waals surface area contributed by atoms with E-state index in [1.54, 1.807) is 35.2 Å². The van der Waals surface area contributed by atoms with Crippen molar-refractivity contribution in [1.82, 2.24) is 15.1 Å². The molecule has 1 heterocycles. The molecule has 1 saturated carbocycles. The monoisotopic (exact) mass is 756 g/mol. The third-order valence-electron chi connectivity index (χ3n) is 10.6. The van der Waals surface area contributed by atoms with E-state index in [0.717, 1.165) is 50.5 Å². The van der Waals surface area contributed by atoms with E-state index >= 15 is 0 Å². The summed E-state index contributed by atoms with van der Waals surface area (Å²) >= 11 is 0. The average Bonchev–Trinajstić information content (AvgIpc) is 3.17. The van der Waals surface area contributed by atoms with Crippen LogP contribution in [0, 0.1) is 5.92 Å². The molecule has 0 radical (unpaired) electrons. The normalized spacial score (nSPS) is 20.8. The summed E-state index contributed by atoms with van der Waals surface area (Å²) in [5.74, 6) is -0.149. The number of nitrogens with two attached hydrogens (primary N) is 1. The summed E-state index contributed by atoms with van der Waals surface area (Å²) in [6.07, 6.45) is 7.52. The number of likely N-dealkylation sites (N-methyl/N-ethyl adjacent to an activating group) is 1. The van der Waals surface area contributed by atoms with Crippen molar-refractivity contribution in [2.45, 2.75) is 103 Å². The molecule has 1 aliphatic carbocycles. The van der Waals surface area contributed by atoms with Gasteiger partial charge in [0.15, 0.2) is 0 Å². The summed E-state index contributed by atoms with van der Waals surface area (Å²) in [5.41, 5.74) is 9.50. The van der Waals surface area contributed by atoms with Crippen LogP contribution in [-0.4, -0.2) is 90.4 Å². The summed E-state index contributed by atoms with van der Waals surface area (Å²) in [6.45, 7) is 7.83. The number of carbonyl (C=O) groups excluding carboxylic acids is 3. The third-order valence-corrected chi connectivity index (χ3v) is 10.6. The zero-order chi connectivity index (χ0) is 39.3. The summed E-state index contributed by atoms with van der Waals surface area (Å²) in [6, 6.07) is 19.3. The molecule has 1 fully saturated rings. The number of urea groups is 1. The lowest BCUT2D eigenvalue weighted by Crippen LogP contribution is -2.47. The van der Waals surface area contributed by atoms with Crippen molar-refractivity contribution < 1.29 is 29.0 Å². The highest BCUT2D eigenvalue weighted by molar-refractivity contribution is 6.05. The quantitative estimate of drug-likeness (QED) is 0.140. The molecule has 0 aromatic heterocycles. The molecule has 3 aromatic carbocycles. The molecule has 3 aromatic rings. The van der Waals surface area contributed by atoms with Crippen molar-refractivity contribution in [3.63, 3.8) is 0 Å². The van der Waals surface area contributed by atoms with Gasteiger partial charge in [-0.1, -0.05) is 50.5 Å². The molecule has 0 saturated heterocycles. The number of carbonyl (C=O) groups is 3. The second kappa shape index (κ2) is 20.3. The molecule has 12 heteroatoms. The fourth-order valence-electron chi connectivity index (χ4n) is 7.31. The number of para-hydroxylation sites is 2. The molecule has 0 unspecified atom stereocenters. The Kier molecular flexibility index (Phi) is 15.3. The lowest BCUT2D eigenvalue weighted by Gasteiger charge is -2.36. The number of nitrogens with one attached hydrogen (secondary N) is 3. The number of benzene rings is 3. The predicted octanol–water partition coefficient (Wildman–Crippen LogP) is 6.90. The summed E-state index contributed by atoms with van der Waals surface area (Å²) < 4.78 is 12.9. The predicted molar refractivity (Wildman–Crippen MR) is 217 cm³/mol. The van der Waals surface area contributed by atoms with Gasteiger partial charge in [0.2, 0.25) is 0 Å². The molecule has 5 rings (SSSR count). The zero-order valence-corrected chi connectivity index (χ0v) is 32.9. The molecular formula is C43H60N6O6. The Morgan fingerprint density at radius 1 is 0.964 bits per heavy atom. The van der Waals surface area contributed by atoms with Crippen molar-refractivity contribution >= 4 is 34.9 Å². The Morgan fingerprint density at radius 3 is 2.42 bits per heavy atom. The first-order chi connectivity index (χ1) is 26.5. The van der Waals surface area contributed by atoms with E-state index in [2.05, 4.69) is 27.8 Å². The summed E-state index contributed by atoms with van der Waals surface area (Å²) in [5, 5.41) is 19.2. The van der Waals surface area contributed by atoms with Gasteiger partial charge in [0, 0.05) is 49.5 Å². The van der Waals surface area contributed by atoms with Gasteiger partial charge in [0.05, 0.1) is 41.8 Å². The molecule has 1 aliphatic heterocycles. The van der Waals surface area contributed by atoms with E-state index in [0.29, 0.717) is 60.2 Å². The smallest absolute Gasteiger partial charge is 0.319 e. The Bertz CT molecular complexity index is 1710. The minimum atomic E-state index is -0.480. The molecule has 0 bridgehead atoms. The second-order valence-corrected chi connectivity index (χ2v) is 15.4. The van der Waals surface area contributed by atoms with Crippen molar-refractivity contribution in [3.8, 4) is 5.75 Å². The maximum Gasteiger partial charge on any atom is 0.319 e. The van der Waals surface area contributed by atoms with Crippen LogP contribution in [0.1, 0.15) is 98.4 Å². The molecule has 55 heavy (non-hydrogen) atoms. The number of nitrogen functional groups attached to an aromatic ring is 1. The number of aliphatic hydroxyl groups excluding tert-OH is 1. The first-order valence-electron chi connectivity index (χ1n) is 19.9. The average molecular weight is 757 g/mol. The SMILES string of the molecule is C[C@@H]1CCCCO[C@@H](CN(C)Cc2ccc(C(=O)Nc3ccccc3N)cc2)[C@@H](C)CN([C@H](C)CO)C(=O)c2cc(NC(=O)NC3CCCCC3)ccc2O1. The van der Waals surface area contributed by atoms with Gasteiger partial charge in [-0.25, -0.2) is 4.79 Å². The Morgan fingerprint density at radius 2 is 1.69 bits per heavy atom. The number of rotatable bonds is 10. The molecule has 4 amide bonds. The van der Waals surface area contributed by atoms with E-state index < -0.39 is 6.04 Å². The first kappa shape index (κ1) is 41.5. The van der Waals surface area contributed by atoms with Gasteiger partial charge in [0.25, 0.3) is 11.8 Å². The lowest BCUT2D eigenvalue weighted by atomic mass is 9.96. The van der Waals surface area contributed by atoms with Crippen LogP contribution in [0.3, 0.4) is 0 Å². The number of hydrogen-bond acceptors (Lipinski definition) is 8. The maximum absolute atomic E-state index is 14.5. The van der Waals surface area contributed by atoms with Gasteiger partial charge in [-0.2, -0.15) is 0 Å². The van der Waals surface area contributed by atoms with Crippen LogP contribution in [0.5, 0.6) is 5.75 Å². The van der Waals surface area contributed by atoms with Crippen molar-refractivity contribution in [2.75, 3.05) is 49.7 Å². The van der Waals surface area contributed by atoms with E-state index in [9.17, 15) is 19.5 Å². The van der Waals surface area contributed by atoms with E-state index in [1.807, 2.05) is 57.3 Å². The van der Waals surface area contributed by atoms with Gasteiger partial charge in [-0.15, -0.1) is 0 Å². The van der Waals surface area contributed by atoms with E-state index in [1.165, 1.54) is 6.42 Å². The number of aliphatic hydroxyl groups is 1.